The summed E-state index contributed by atoms with van der Waals surface area (Å²) in [5.74, 6) is 1.01. The van der Waals surface area contributed by atoms with Crippen LogP contribution in [-0.4, -0.2) is 120 Å². The molecule has 4 atom stereocenters. The average molecular weight is 1000 g/mol. The molecule has 3 unspecified atom stereocenters. The number of likely N-dealkylation sites (tertiary alicyclic amines) is 2. The van der Waals surface area contributed by atoms with Crippen molar-refractivity contribution in [2.45, 2.75) is 95.9 Å². The van der Waals surface area contributed by atoms with Gasteiger partial charge in [0.05, 0.1) is 17.5 Å². The summed E-state index contributed by atoms with van der Waals surface area (Å²) in [7, 11) is 1.97. The van der Waals surface area contributed by atoms with Crippen molar-refractivity contribution in [3.63, 3.8) is 0 Å². The maximum atomic E-state index is 16.5. The molecular weight excluding hydrogens is 931 g/mol. The quantitative estimate of drug-likeness (QED) is 0.104. The van der Waals surface area contributed by atoms with E-state index in [2.05, 4.69) is 44.7 Å². The SMILES string of the molecule is Cc1c(F)cc2c(c1-c1c(C(N)=O)ccc(OCCO)c1F)[C@H](C)C(CNCC1CCN(CC3CCC(CN4CCC(C5C=c6c(c(N7CCC(=O)NC7O)nn6C)=CC5)CC4)CC3)CC1)(c1c#cccc1)O2. The Hall–Kier alpha value is -5.57. The van der Waals surface area contributed by atoms with Gasteiger partial charge in [0.2, 0.25) is 18.2 Å². The summed E-state index contributed by atoms with van der Waals surface area (Å²) < 4.78 is 46.7. The molecule has 6 aliphatic rings. The van der Waals surface area contributed by atoms with Gasteiger partial charge in [-0.15, -0.1) is 0 Å². The van der Waals surface area contributed by atoms with E-state index in [4.69, 9.17) is 20.3 Å². The highest BCUT2D eigenvalue weighted by Crippen LogP contribution is 2.55. The first-order chi connectivity index (χ1) is 35.3. The molecule has 0 spiro atoms. The van der Waals surface area contributed by atoms with Gasteiger partial charge in [-0.1, -0.05) is 37.3 Å². The van der Waals surface area contributed by atoms with Crippen LogP contribution in [-0.2, 0) is 17.4 Å². The fraction of sp³-hybridized carbons (Fsp3) is 0.561. The minimum atomic E-state index is -1.05. The third-order valence-electron chi connectivity index (χ3n) is 17.3. The maximum Gasteiger partial charge on any atom is 0.249 e. The molecule has 390 valence electrons. The van der Waals surface area contributed by atoms with E-state index >= 15 is 8.78 Å². The second-order valence-electron chi connectivity index (χ2n) is 21.7. The van der Waals surface area contributed by atoms with Crippen molar-refractivity contribution in [1.82, 2.24) is 30.2 Å². The summed E-state index contributed by atoms with van der Waals surface area (Å²) in [6, 6.07) is 15.9. The van der Waals surface area contributed by atoms with Gasteiger partial charge in [-0.3, -0.25) is 14.3 Å². The summed E-state index contributed by atoms with van der Waals surface area (Å²) >= 11 is 0. The molecule has 10 rings (SSSR count). The number of fused-ring (bicyclic) bond motifs is 2. The monoisotopic (exact) mass is 1000 g/mol. The summed E-state index contributed by atoms with van der Waals surface area (Å²) in [4.78, 5) is 31.8. The Morgan fingerprint density at radius 1 is 1.00 bits per heavy atom. The third kappa shape index (κ3) is 10.3. The zero-order valence-electron chi connectivity index (χ0n) is 42.6. The molecule has 4 aliphatic heterocycles. The largest absolute Gasteiger partial charge is 0.488 e. The van der Waals surface area contributed by atoms with E-state index in [1.54, 1.807) is 17.9 Å². The van der Waals surface area contributed by atoms with Crippen molar-refractivity contribution in [1.29, 1.82) is 0 Å². The number of carbonyl (C=O) groups excluding carboxylic acids is 2. The molecule has 0 radical (unpaired) electrons. The first-order valence-electron chi connectivity index (χ1n) is 26.7. The van der Waals surface area contributed by atoms with Gasteiger partial charge in [0.1, 0.15) is 18.2 Å². The van der Waals surface area contributed by atoms with Gasteiger partial charge in [0, 0.05) is 73.5 Å². The van der Waals surface area contributed by atoms with Gasteiger partial charge < -0.3 is 50.8 Å². The number of nitrogens with two attached hydrogens (primary N) is 1. The van der Waals surface area contributed by atoms with Crippen molar-refractivity contribution in [2.24, 2.45) is 42.4 Å². The predicted octanol–water partition coefficient (Wildman–Crippen LogP) is 4.84. The average Bonchev–Trinajstić information content (AvgIpc) is 3.87. The molecule has 4 fully saturated rings. The molecule has 3 saturated heterocycles. The topological polar surface area (TPSA) is 171 Å². The van der Waals surface area contributed by atoms with Crippen molar-refractivity contribution >= 4 is 29.8 Å². The Labute approximate surface area is 427 Å². The number of aliphatic hydroxyl groups excluding tert-OH is 2. The Bertz CT molecular complexity index is 2770. The van der Waals surface area contributed by atoms with Crippen molar-refractivity contribution in [3.8, 4) is 22.6 Å². The van der Waals surface area contributed by atoms with Crippen LogP contribution in [0.3, 0.4) is 0 Å². The Morgan fingerprint density at radius 3 is 2.37 bits per heavy atom. The van der Waals surface area contributed by atoms with Crippen LogP contribution in [0, 0.1) is 60.3 Å². The predicted molar refractivity (Wildman–Crippen MR) is 275 cm³/mol. The van der Waals surface area contributed by atoms with Crippen LogP contribution in [0.2, 0.25) is 0 Å². The van der Waals surface area contributed by atoms with Crippen LogP contribution in [0.5, 0.6) is 11.5 Å². The molecule has 2 aliphatic carbocycles. The first-order valence-corrected chi connectivity index (χ1v) is 26.7. The third-order valence-corrected chi connectivity index (χ3v) is 17.3. The number of primary amides is 1. The van der Waals surface area contributed by atoms with Gasteiger partial charge in [-0.2, -0.15) is 5.10 Å². The van der Waals surface area contributed by atoms with Gasteiger partial charge in [-0.05, 0) is 162 Å². The van der Waals surface area contributed by atoms with Crippen LogP contribution in [0.1, 0.15) is 104 Å². The van der Waals surface area contributed by atoms with E-state index in [9.17, 15) is 19.8 Å². The van der Waals surface area contributed by atoms with Crippen molar-refractivity contribution in [2.75, 3.05) is 77.0 Å². The van der Waals surface area contributed by atoms with E-state index in [-0.39, 0.29) is 52.9 Å². The number of halogens is 2. The number of hydrogen-bond acceptors (Lipinski definition) is 11. The number of rotatable bonds is 16. The molecule has 4 aromatic rings. The van der Waals surface area contributed by atoms with Crippen LogP contribution < -0.4 is 41.3 Å². The van der Waals surface area contributed by atoms with E-state index in [1.165, 1.54) is 69.8 Å². The number of nitrogens with one attached hydrogen (secondary N) is 2. The van der Waals surface area contributed by atoms with Crippen LogP contribution in [0.15, 0.2) is 36.4 Å². The summed E-state index contributed by atoms with van der Waals surface area (Å²) in [6.07, 6.45) is 14.8. The molecule has 6 N–H and O–H groups in total. The second kappa shape index (κ2) is 21.7. The lowest BCUT2D eigenvalue weighted by Gasteiger charge is -2.40. The summed E-state index contributed by atoms with van der Waals surface area (Å²) in [5.41, 5.74) is 6.14. The number of benzene rings is 2. The lowest BCUT2D eigenvalue weighted by Crippen LogP contribution is -2.55. The zero-order valence-corrected chi connectivity index (χ0v) is 42.6. The molecule has 73 heavy (non-hydrogen) atoms. The Kier molecular flexibility index (Phi) is 15.2. The zero-order chi connectivity index (χ0) is 51.0. The fourth-order valence-electron chi connectivity index (χ4n) is 13.1. The van der Waals surface area contributed by atoms with E-state index in [0.29, 0.717) is 42.8 Å². The standard InChI is InChI=1S/C57H72F2N8O6/c1-35-45(58)30-48-51(50(35)52-44(54(60)70)15-16-47(53(52)59)72-28-27-68)36(2)57(73-48,42-7-5-4-6-8-42)34-61-31-37-17-22-65(23-18-37)32-38-9-11-39(12-10-38)33-66-24-19-40(20-25-66)41-13-14-43-46(29-41)64(3)63-55(43)67-26-21-49(69)62-56(67)71/h4-5,7,14-16,29-30,36-41,56,61,68,71H,9-13,17-28,31-34H2,1-3H3,(H2,60,70)(H,62,69)/t36-,38?,39?,41?,56?,57?/m0/s1. The Balaban J connectivity index is 0.697. The smallest absolute Gasteiger partial charge is 0.249 e. The molecule has 3 aromatic carbocycles. The summed E-state index contributed by atoms with van der Waals surface area (Å²) in [5, 5.41) is 33.2. The molecular formula is C57H72F2N8O6. The highest BCUT2D eigenvalue weighted by molar-refractivity contribution is 6.01. The number of anilines is 1. The van der Waals surface area contributed by atoms with Gasteiger partial charge in [0.25, 0.3) is 0 Å². The van der Waals surface area contributed by atoms with Crippen LogP contribution >= 0.6 is 0 Å². The van der Waals surface area contributed by atoms with Crippen molar-refractivity contribution in [3.05, 3.63) is 93.0 Å². The minimum Gasteiger partial charge on any atom is -0.488 e. The molecule has 14 nitrogen and oxygen atoms in total. The number of piperidine rings is 2. The number of carbonyl (C=O) groups is 2. The lowest BCUT2D eigenvalue weighted by molar-refractivity contribution is -0.125. The van der Waals surface area contributed by atoms with E-state index < -0.39 is 35.4 Å². The Morgan fingerprint density at radius 2 is 1.71 bits per heavy atom. The number of hydrogen-bond donors (Lipinski definition) is 5. The number of ether oxygens (including phenoxy) is 2. The van der Waals surface area contributed by atoms with Crippen LogP contribution in [0.25, 0.3) is 23.3 Å². The lowest BCUT2D eigenvalue weighted by atomic mass is 9.76. The molecule has 16 heteroatoms. The minimum absolute atomic E-state index is 0.110. The second-order valence-corrected chi connectivity index (χ2v) is 21.7. The normalized spacial score (nSPS) is 26.0. The number of aliphatic hydroxyl groups is 2. The number of nitrogens with zero attached hydrogens (tertiary/aromatic N) is 5. The van der Waals surface area contributed by atoms with Gasteiger partial charge in [0.15, 0.2) is 23.0 Å². The fourth-order valence-corrected chi connectivity index (χ4v) is 13.1. The highest BCUT2D eigenvalue weighted by atomic mass is 19.1. The van der Waals surface area contributed by atoms with Crippen LogP contribution in [0.4, 0.5) is 14.6 Å². The maximum absolute atomic E-state index is 16.5. The number of aromatic nitrogens is 2. The number of amides is 2. The van der Waals surface area contributed by atoms with Gasteiger partial charge in [-0.25, -0.2) is 8.78 Å². The first kappa shape index (κ1) is 50.9. The highest BCUT2D eigenvalue weighted by Gasteiger charge is 2.50. The molecule has 0 bridgehead atoms. The number of aryl methyl sites for hydroxylation is 1. The molecule has 1 aromatic heterocycles. The molecule has 5 heterocycles. The summed E-state index contributed by atoms with van der Waals surface area (Å²) in [6.45, 7) is 11.5. The van der Waals surface area contributed by atoms with E-state index in [1.807, 2.05) is 30.8 Å². The molecule has 1 saturated carbocycles. The molecule has 2 amide bonds. The van der Waals surface area contributed by atoms with E-state index in [0.717, 1.165) is 85.8 Å². The van der Waals surface area contributed by atoms with Gasteiger partial charge >= 0.3 is 0 Å². The van der Waals surface area contributed by atoms with Crippen molar-refractivity contribution < 1.29 is 38.1 Å².